The highest BCUT2D eigenvalue weighted by molar-refractivity contribution is 5.48. The zero-order valence-corrected chi connectivity index (χ0v) is 12.1. The van der Waals surface area contributed by atoms with Gasteiger partial charge in [-0.05, 0) is 39.6 Å². The zero-order chi connectivity index (χ0) is 13.8. The molecular formula is C15H24FN3. The molecule has 1 saturated heterocycles. The van der Waals surface area contributed by atoms with Gasteiger partial charge in [-0.2, -0.15) is 0 Å². The monoisotopic (exact) mass is 265 g/mol. The second kappa shape index (κ2) is 6.35. The maximum absolute atomic E-state index is 13.9. The van der Waals surface area contributed by atoms with E-state index in [4.69, 9.17) is 0 Å². The molecule has 1 aliphatic heterocycles. The van der Waals surface area contributed by atoms with Gasteiger partial charge in [0.05, 0.1) is 5.69 Å². The van der Waals surface area contributed by atoms with Crippen LogP contribution in [-0.2, 0) is 0 Å². The number of hydrogen-bond acceptors (Lipinski definition) is 3. The quantitative estimate of drug-likeness (QED) is 0.901. The van der Waals surface area contributed by atoms with Crippen LogP contribution in [-0.4, -0.2) is 50.7 Å². The molecule has 0 saturated carbocycles. The molecule has 0 radical (unpaired) electrons. The molecule has 4 heteroatoms. The fourth-order valence-corrected chi connectivity index (χ4v) is 2.72. The molecule has 0 amide bonds. The van der Waals surface area contributed by atoms with Crippen molar-refractivity contribution in [3.05, 3.63) is 30.1 Å². The van der Waals surface area contributed by atoms with E-state index in [1.165, 1.54) is 6.07 Å². The lowest BCUT2D eigenvalue weighted by atomic mass is 10.2. The van der Waals surface area contributed by atoms with Crippen molar-refractivity contribution in [2.45, 2.75) is 25.4 Å². The van der Waals surface area contributed by atoms with Gasteiger partial charge in [0, 0.05) is 31.7 Å². The summed E-state index contributed by atoms with van der Waals surface area (Å²) in [5.41, 5.74) is 0.724. The van der Waals surface area contributed by atoms with E-state index in [2.05, 4.69) is 36.1 Å². The minimum atomic E-state index is -0.124. The predicted octanol–water partition coefficient (Wildman–Crippen LogP) is 1.94. The number of rotatable bonds is 3. The summed E-state index contributed by atoms with van der Waals surface area (Å²) in [6.07, 6.45) is 1.04. The molecule has 0 bridgehead atoms. The molecule has 1 fully saturated rings. The molecule has 2 unspecified atom stereocenters. The van der Waals surface area contributed by atoms with Gasteiger partial charge in [-0.3, -0.25) is 0 Å². The Labute approximate surface area is 115 Å². The van der Waals surface area contributed by atoms with Crippen LogP contribution in [0.15, 0.2) is 24.3 Å². The Morgan fingerprint density at radius 2 is 2.11 bits per heavy atom. The van der Waals surface area contributed by atoms with E-state index in [-0.39, 0.29) is 5.82 Å². The Morgan fingerprint density at radius 3 is 2.79 bits per heavy atom. The molecular weight excluding hydrogens is 241 g/mol. The van der Waals surface area contributed by atoms with Crippen LogP contribution >= 0.6 is 0 Å². The minimum absolute atomic E-state index is 0.124. The molecule has 0 aliphatic carbocycles. The SMILES string of the molecule is CC1CCN(c2ccccc2F)CC(CN(C)C)N1. The first-order chi connectivity index (χ1) is 9.06. The Morgan fingerprint density at radius 1 is 1.37 bits per heavy atom. The highest BCUT2D eigenvalue weighted by Gasteiger charge is 2.23. The van der Waals surface area contributed by atoms with Crippen LogP contribution in [0.5, 0.6) is 0 Å². The van der Waals surface area contributed by atoms with Crippen LogP contribution in [0.3, 0.4) is 0 Å². The third kappa shape index (κ3) is 3.91. The van der Waals surface area contributed by atoms with Crippen LogP contribution in [0.25, 0.3) is 0 Å². The predicted molar refractivity (Wildman–Crippen MR) is 78.2 cm³/mol. The fraction of sp³-hybridized carbons (Fsp3) is 0.600. The summed E-state index contributed by atoms with van der Waals surface area (Å²) in [5, 5.41) is 3.62. The second-order valence-corrected chi connectivity index (χ2v) is 5.71. The summed E-state index contributed by atoms with van der Waals surface area (Å²) < 4.78 is 13.9. The molecule has 1 aromatic rings. The smallest absolute Gasteiger partial charge is 0.146 e. The van der Waals surface area contributed by atoms with Crippen molar-refractivity contribution in [2.24, 2.45) is 0 Å². The molecule has 1 aliphatic rings. The van der Waals surface area contributed by atoms with Gasteiger partial charge >= 0.3 is 0 Å². The van der Waals surface area contributed by atoms with Gasteiger partial charge in [0.1, 0.15) is 5.82 Å². The first-order valence-electron chi connectivity index (χ1n) is 6.96. The largest absolute Gasteiger partial charge is 0.368 e. The van der Waals surface area contributed by atoms with E-state index in [1.54, 1.807) is 6.07 Å². The first kappa shape index (κ1) is 14.3. The van der Waals surface area contributed by atoms with Gasteiger partial charge < -0.3 is 15.1 Å². The van der Waals surface area contributed by atoms with Crippen molar-refractivity contribution in [1.82, 2.24) is 10.2 Å². The lowest BCUT2D eigenvalue weighted by Crippen LogP contribution is -2.46. The molecule has 2 rings (SSSR count). The summed E-state index contributed by atoms with van der Waals surface area (Å²) in [6.45, 7) is 4.92. The van der Waals surface area contributed by atoms with Crippen molar-refractivity contribution in [3.63, 3.8) is 0 Å². The molecule has 3 nitrogen and oxygen atoms in total. The molecule has 19 heavy (non-hydrogen) atoms. The number of anilines is 1. The van der Waals surface area contributed by atoms with E-state index in [0.717, 1.165) is 31.7 Å². The third-order valence-electron chi connectivity index (χ3n) is 3.57. The molecule has 2 atom stereocenters. The Hall–Kier alpha value is -1.13. The zero-order valence-electron chi connectivity index (χ0n) is 12.1. The van der Waals surface area contributed by atoms with E-state index < -0.39 is 0 Å². The van der Waals surface area contributed by atoms with Crippen LogP contribution in [0.4, 0.5) is 10.1 Å². The second-order valence-electron chi connectivity index (χ2n) is 5.71. The van der Waals surface area contributed by atoms with Crippen molar-refractivity contribution in [2.75, 3.05) is 38.6 Å². The highest BCUT2D eigenvalue weighted by atomic mass is 19.1. The third-order valence-corrected chi connectivity index (χ3v) is 3.57. The van der Waals surface area contributed by atoms with E-state index in [1.807, 2.05) is 12.1 Å². The van der Waals surface area contributed by atoms with Gasteiger partial charge in [-0.25, -0.2) is 4.39 Å². The van der Waals surface area contributed by atoms with Crippen molar-refractivity contribution < 1.29 is 4.39 Å². The number of hydrogen-bond donors (Lipinski definition) is 1. The lowest BCUT2D eigenvalue weighted by Gasteiger charge is -2.28. The van der Waals surface area contributed by atoms with E-state index in [0.29, 0.717) is 12.1 Å². The van der Waals surface area contributed by atoms with Gasteiger partial charge in [0.2, 0.25) is 0 Å². The summed E-state index contributed by atoms with van der Waals surface area (Å²) in [6, 6.07) is 7.90. The van der Waals surface area contributed by atoms with Crippen molar-refractivity contribution in [1.29, 1.82) is 0 Å². The number of benzene rings is 1. The van der Waals surface area contributed by atoms with Gasteiger partial charge in [-0.1, -0.05) is 12.1 Å². The van der Waals surface area contributed by atoms with Gasteiger partial charge in [-0.15, -0.1) is 0 Å². The van der Waals surface area contributed by atoms with E-state index >= 15 is 0 Å². The lowest BCUT2D eigenvalue weighted by molar-refractivity contribution is 0.330. The topological polar surface area (TPSA) is 18.5 Å². The summed E-state index contributed by atoms with van der Waals surface area (Å²) in [4.78, 5) is 4.34. The number of nitrogens with zero attached hydrogens (tertiary/aromatic N) is 2. The normalized spacial score (nSPS) is 24.6. The first-order valence-corrected chi connectivity index (χ1v) is 6.96. The Bertz CT molecular complexity index is 408. The van der Waals surface area contributed by atoms with Crippen LogP contribution in [0, 0.1) is 5.82 Å². The van der Waals surface area contributed by atoms with Crippen molar-refractivity contribution in [3.8, 4) is 0 Å². The van der Waals surface area contributed by atoms with Gasteiger partial charge in [0.15, 0.2) is 0 Å². The van der Waals surface area contributed by atoms with Gasteiger partial charge in [0.25, 0.3) is 0 Å². The Balaban J connectivity index is 2.14. The molecule has 106 valence electrons. The van der Waals surface area contributed by atoms with Crippen LogP contribution < -0.4 is 10.2 Å². The standard InChI is InChI=1S/C15H24FN3/c1-12-8-9-19(11-13(17-12)10-18(2)3)15-7-5-4-6-14(15)16/h4-7,12-13,17H,8-11H2,1-3H3. The minimum Gasteiger partial charge on any atom is -0.368 e. The number of halogens is 1. The average molecular weight is 265 g/mol. The molecule has 0 aromatic heterocycles. The molecule has 0 spiro atoms. The maximum atomic E-state index is 13.9. The van der Waals surface area contributed by atoms with E-state index in [9.17, 15) is 4.39 Å². The highest BCUT2D eigenvalue weighted by Crippen LogP contribution is 2.21. The number of nitrogens with one attached hydrogen (secondary N) is 1. The number of para-hydroxylation sites is 1. The van der Waals surface area contributed by atoms with Crippen LogP contribution in [0.1, 0.15) is 13.3 Å². The van der Waals surface area contributed by atoms with Crippen LogP contribution in [0.2, 0.25) is 0 Å². The number of likely N-dealkylation sites (N-methyl/N-ethyl adjacent to an activating group) is 1. The summed E-state index contributed by atoms with van der Waals surface area (Å²) in [7, 11) is 4.15. The Kier molecular flexibility index (Phi) is 4.77. The average Bonchev–Trinajstić information content (AvgIpc) is 2.51. The molecule has 1 aromatic carbocycles. The summed E-state index contributed by atoms with van der Waals surface area (Å²) in [5.74, 6) is -0.124. The fourth-order valence-electron chi connectivity index (χ4n) is 2.72. The maximum Gasteiger partial charge on any atom is 0.146 e. The molecule has 1 heterocycles. The molecule has 1 N–H and O–H groups in total. The summed E-state index contributed by atoms with van der Waals surface area (Å²) >= 11 is 0. The van der Waals surface area contributed by atoms with Crippen molar-refractivity contribution >= 4 is 5.69 Å².